The maximum atomic E-state index is 5.02. The Kier molecular flexibility index (Phi) is 1.69. The van der Waals surface area contributed by atoms with Crippen LogP contribution in [-0.4, -0.2) is 21.0 Å². The van der Waals surface area contributed by atoms with Crippen molar-refractivity contribution >= 4 is 29.0 Å². The van der Waals surface area contributed by atoms with E-state index < -0.39 is 0 Å². The van der Waals surface area contributed by atoms with Gasteiger partial charge in [-0.1, -0.05) is 12.2 Å². The Morgan fingerprint density at radius 3 is 3.17 bits per heavy atom. The molecule has 60 valence electrons. The maximum Gasteiger partial charge on any atom is 0.125 e. The average Bonchev–Trinajstić information content (AvgIpc) is 2.03. The van der Waals surface area contributed by atoms with Gasteiger partial charge in [0.05, 0.1) is 11.9 Å². The van der Waals surface area contributed by atoms with Crippen molar-refractivity contribution in [1.82, 2.24) is 9.97 Å². The van der Waals surface area contributed by atoms with E-state index in [1.54, 1.807) is 12.4 Å². The van der Waals surface area contributed by atoms with Gasteiger partial charge in [-0.2, -0.15) is 0 Å². The molecule has 1 aliphatic rings. The zero-order valence-corrected chi connectivity index (χ0v) is 7.43. The van der Waals surface area contributed by atoms with Crippen molar-refractivity contribution in [1.29, 1.82) is 0 Å². The van der Waals surface area contributed by atoms with Crippen LogP contribution in [0.15, 0.2) is 11.2 Å². The fourth-order valence-corrected chi connectivity index (χ4v) is 1.29. The van der Waals surface area contributed by atoms with Gasteiger partial charge in [-0.3, -0.25) is 4.99 Å². The first-order valence-corrected chi connectivity index (χ1v) is 4.06. The quantitative estimate of drug-likeness (QED) is 0.562. The number of aromatic nitrogens is 2. The number of fused-ring (bicyclic) bond motifs is 1. The second-order valence-electron chi connectivity index (χ2n) is 2.65. The molecule has 0 saturated heterocycles. The standard InChI is InChI=1S/C8H7N3S/c1-5-9-4-8-7(11-5)2-6(12)3-10-8/h3-4H,2H2,1H3. The van der Waals surface area contributed by atoms with Gasteiger partial charge in [0, 0.05) is 17.5 Å². The van der Waals surface area contributed by atoms with Gasteiger partial charge in [-0.15, -0.1) is 0 Å². The molecule has 1 aromatic heterocycles. The van der Waals surface area contributed by atoms with Crippen LogP contribution < -0.4 is 0 Å². The molecule has 2 rings (SSSR count). The third-order valence-electron chi connectivity index (χ3n) is 1.66. The number of hydrogen-bond acceptors (Lipinski definition) is 4. The van der Waals surface area contributed by atoms with E-state index in [0.717, 1.165) is 28.5 Å². The molecule has 0 spiro atoms. The molecule has 2 heterocycles. The number of thiocarbonyl (C=S) groups is 1. The molecule has 0 atom stereocenters. The minimum absolute atomic E-state index is 0.720. The SMILES string of the molecule is Cc1ncc2c(n1)CC(=S)C=N2. The van der Waals surface area contributed by atoms with Gasteiger partial charge in [0.1, 0.15) is 11.5 Å². The highest BCUT2D eigenvalue weighted by Gasteiger charge is 2.10. The summed E-state index contributed by atoms with van der Waals surface area (Å²) in [5.74, 6) is 0.772. The highest BCUT2D eigenvalue weighted by Crippen LogP contribution is 2.19. The summed E-state index contributed by atoms with van der Waals surface area (Å²) in [6.45, 7) is 1.86. The molecule has 12 heavy (non-hydrogen) atoms. The lowest BCUT2D eigenvalue weighted by Gasteiger charge is -2.08. The molecule has 1 aromatic rings. The van der Waals surface area contributed by atoms with Crippen LogP contribution in [0.1, 0.15) is 11.5 Å². The zero-order valence-electron chi connectivity index (χ0n) is 6.61. The van der Waals surface area contributed by atoms with Crippen LogP contribution in [0.2, 0.25) is 0 Å². The van der Waals surface area contributed by atoms with Gasteiger partial charge in [-0.05, 0) is 6.92 Å². The number of rotatable bonds is 0. The lowest BCUT2D eigenvalue weighted by molar-refractivity contribution is 0.990. The van der Waals surface area contributed by atoms with Crippen molar-refractivity contribution in [3.8, 4) is 0 Å². The summed E-state index contributed by atoms with van der Waals surface area (Å²) in [6.07, 6.45) is 4.14. The molecule has 0 unspecified atom stereocenters. The smallest absolute Gasteiger partial charge is 0.125 e. The monoisotopic (exact) mass is 177 g/mol. The lowest BCUT2D eigenvalue weighted by atomic mass is 10.2. The van der Waals surface area contributed by atoms with Crippen molar-refractivity contribution in [2.24, 2.45) is 4.99 Å². The van der Waals surface area contributed by atoms with E-state index in [0.29, 0.717) is 0 Å². The lowest BCUT2D eigenvalue weighted by Crippen LogP contribution is -2.09. The van der Waals surface area contributed by atoms with Crippen LogP contribution in [0.25, 0.3) is 0 Å². The normalized spacial score (nSPS) is 14.6. The Morgan fingerprint density at radius 2 is 2.33 bits per heavy atom. The minimum Gasteiger partial charge on any atom is -0.252 e. The van der Waals surface area contributed by atoms with E-state index in [1.807, 2.05) is 6.92 Å². The van der Waals surface area contributed by atoms with Gasteiger partial charge >= 0.3 is 0 Å². The molecule has 0 bridgehead atoms. The number of aryl methyl sites for hydroxylation is 1. The number of aliphatic imine (C=N–C) groups is 1. The third kappa shape index (κ3) is 1.25. The molecule has 4 heteroatoms. The van der Waals surface area contributed by atoms with Crippen molar-refractivity contribution in [3.05, 3.63) is 17.7 Å². The second-order valence-corrected chi connectivity index (χ2v) is 3.17. The summed E-state index contributed by atoms with van der Waals surface area (Å²) >= 11 is 5.02. The van der Waals surface area contributed by atoms with Crippen LogP contribution in [-0.2, 0) is 6.42 Å². The third-order valence-corrected chi connectivity index (χ3v) is 1.91. The van der Waals surface area contributed by atoms with Gasteiger partial charge in [-0.25, -0.2) is 9.97 Å². The number of hydrogen-bond donors (Lipinski definition) is 0. The first-order valence-electron chi connectivity index (χ1n) is 3.65. The van der Waals surface area contributed by atoms with Gasteiger partial charge in [0.2, 0.25) is 0 Å². The van der Waals surface area contributed by atoms with Crippen LogP contribution in [0.5, 0.6) is 0 Å². The van der Waals surface area contributed by atoms with Crippen molar-refractivity contribution < 1.29 is 0 Å². The fourth-order valence-electron chi connectivity index (χ4n) is 1.10. The van der Waals surface area contributed by atoms with E-state index in [4.69, 9.17) is 12.2 Å². The van der Waals surface area contributed by atoms with Gasteiger partial charge in [0.25, 0.3) is 0 Å². The second kappa shape index (κ2) is 2.71. The fraction of sp³-hybridized carbons (Fsp3) is 0.250. The highest BCUT2D eigenvalue weighted by molar-refractivity contribution is 7.81. The molecular weight excluding hydrogens is 170 g/mol. The van der Waals surface area contributed by atoms with E-state index in [1.165, 1.54) is 0 Å². The summed E-state index contributed by atoms with van der Waals surface area (Å²) in [4.78, 5) is 13.3. The van der Waals surface area contributed by atoms with Crippen molar-refractivity contribution in [2.45, 2.75) is 13.3 Å². The average molecular weight is 177 g/mol. The summed E-state index contributed by atoms with van der Waals surface area (Å²) < 4.78 is 0. The first-order chi connectivity index (χ1) is 5.75. The van der Waals surface area contributed by atoms with Crippen LogP contribution >= 0.6 is 12.2 Å². The first kappa shape index (κ1) is 7.49. The minimum atomic E-state index is 0.720. The molecule has 1 aliphatic heterocycles. The van der Waals surface area contributed by atoms with Gasteiger partial charge < -0.3 is 0 Å². The van der Waals surface area contributed by atoms with E-state index in [-0.39, 0.29) is 0 Å². The molecule has 0 radical (unpaired) electrons. The van der Waals surface area contributed by atoms with Crippen molar-refractivity contribution in [3.63, 3.8) is 0 Å². The van der Waals surface area contributed by atoms with E-state index in [2.05, 4.69) is 15.0 Å². The molecule has 0 fully saturated rings. The van der Waals surface area contributed by atoms with Gasteiger partial charge in [0.15, 0.2) is 0 Å². The summed E-state index contributed by atoms with van der Waals surface area (Å²) in [5.41, 5.74) is 1.78. The van der Waals surface area contributed by atoms with Crippen molar-refractivity contribution in [2.75, 3.05) is 0 Å². The van der Waals surface area contributed by atoms with Crippen LogP contribution in [0.3, 0.4) is 0 Å². The molecular formula is C8H7N3S. The Labute approximate surface area is 75.6 Å². The Morgan fingerprint density at radius 1 is 1.50 bits per heavy atom. The number of nitrogens with zero attached hydrogens (tertiary/aromatic N) is 3. The zero-order chi connectivity index (χ0) is 8.55. The largest absolute Gasteiger partial charge is 0.252 e. The predicted octanol–water partition coefficient (Wildman–Crippen LogP) is 1.41. The highest BCUT2D eigenvalue weighted by atomic mass is 32.1. The molecule has 3 nitrogen and oxygen atoms in total. The van der Waals surface area contributed by atoms with Crippen LogP contribution in [0.4, 0.5) is 5.69 Å². The summed E-state index contributed by atoms with van der Waals surface area (Å²) in [5, 5.41) is 0. The topological polar surface area (TPSA) is 38.1 Å². The van der Waals surface area contributed by atoms with E-state index in [9.17, 15) is 0 Å². The Bertz CT molecular complexity index is 371. The summed E-state index contributed by atoms with van der Waals surface area (Å²) in [6, 6.07) is 0. The molecule has 0 aromatic carbocycles. The molecule has 0 aliphatic carbocycles. The Hall–Kier alpha value is -1.16. The summed E-state index contributed by atoms with van der Waals surface area (Å²) in [7, 11) is 0. The molecule has 0 amide bonds. The molecule has 0 N–H and O–H groups in total. The van der Waals surface area contributed by atoms with E-state index >= 15 is 0 Å². The predicted molar refractivity (Wildman–Crippen MR) is 51.2 cm³/mol. The Balaban J connectivity index is 2.54. The van der Waals surface area contributed by atoms with Crippen LogP contribution in [0, 0.1) is 6.92 Å². The molecule has 0 saturated carbocycles. The maximum absolute atomic E-state index is 5.02.